The predicted octanol–water partition coefficient (Wildman–Crippen LogP) is 7.34. The average Bonchev–Trinajstić information content (AvgIpc) is 3.76. The Morgan fingerprint density at radius 3 is 2.19 bits per heavy atom. The molecule has 2 fully saturated rings. The predicted molar refractivity (Wildman–Crippen MR) is 187 cm³/mol. The number of ether oxygens (including phenoxy) is 3. The minimum atomic E-state index is -0.879. The van der Waals surface area contributed by atoms with Crippen molar-refractivity contribution in [3.05, 3.63) is 93.5 Å². The molecule has 0 spiro atoms. The standard InChI is InChI=1S/C37H42Cl2N4O5/c1-5-37(26-10-14-28(39)15-11-26)33(25-8-12-27(38)13-9-25)43(34(40-37)30-17-16-29(46-4)23-32(30)48-24(2)3)36(45)42-20-18-41(19-21-42)35(44)31-7-6-22-47-31/h8-17,23-24,31,33H,5-7,18-22H2,1-4H3/t31?,33-,37-/m0/s1. The number of benzene rings is 3. The molecule has 0 N–H and O–H groups in total. The van der Waals surface area contributed by atoms with Crippen molar-refractivity contribution in [1.29, 1.82) is 0 Å². The molecule has 6 rings (SSSR count). The Bertz CT molecular complexity index is 1650. The molecule has 48 heavy (non-hydrogen) atoms. The van der Waals surface area contributed by atoms with Gasteiger partial charge in [-0.25, -0.2) is 4.79 Å². The van der Waals surface area contributed by atoms with Crippen LogP contribution in [0.25, 0.3) is 0 Å². The summed E-state index contributed by atoms with van der Waals surface area (Å²) >= 11 is 12.8. The van der Waals surface area contributed by atoms with Crippen molar-refractivity contribution in [3.63, 3.8) is 0 Å². The first-order valence-electron chi connectivity index (χ1n) is 16.6. The fraction of sp³-hybridized carbons (Fsp3) is 0.432. The van der Waals surface area contributed by atoms with Gasteiger partial charge in [0.15, 0.2) is 0 Å². The zero-order chi connectivity index (χ0) is 34.0. The molecule has 3 aromatic rings. The number of nitrogens with zero attached hydrogens (tertiary/aromatic N) is 4. The molecule has 0 aromatic heterocycles. The minimum absolute atomic E-state index is 0.00325. The lowest BCUT2D eigenvalue weighted by molar-refractivity contribution is -0.142. The lowest BCUT2D eigenvalue weighted by Gasteiger charge is -2.41. The maximum absolute atomic E-state index is 15.0. The molecule has 0 saturated carbocycles. The highest BCUT2D eigenvalue weighted by atomic mass is 35.5. The molecule has 1 unspecified atom stereocenters. The van der Waals surface area contributed by atoms with Gasteiger partial charge in [-0.15, -0.1) is 0 Å². The Morgan fingerprint density at radius 1 is 0.958 bits per heavy atom. The molecule has 3 amide bonds. The van der Waals surface area contributed by atoms with E-state index in [1.54, 1.807) is 7.11 Å². The molecule has 9 nitrogen and oxygen atoms in total. The third-order valence-corrected chi connectivity index (χ3v) is 9.88. The maximum atomic E-state index is 15.0. The summed E-state index contributed by atoms with van der Waals surface area (Å²) in [6, 6.07) is 20.2. The number of halogens is 2. The number of carbonyl (C=O) groups is 2. The fourth-order valence-corrected chi connectivity index (χ4v) is 7.20. The molecule has 3 aliphatic rings. The molecule has 3 atom stereocenters. The van der Waals surface area contributed by atoms with Crippen LogP contribution in [0.2, 0.25) is 10.0 Å². The first kappa shape index (κ1) is 34.1. The first-order valence-corrected chi connectivity index (χ1v) is 17.4. The van der Waals surface area contributed by atoms with Crippen LogP contribution in [0.15, 0.2) is 71.7 Å². The number of amidine groups is 1. The smallest absolute Gasteiger partial charge is 0.326 e. The Morgan fingerprint density at radius 2 is 1.60 bits per heavy atom. The van der Waals surface area contributed by atoms with Gasteiger partial charge in [0.2, 0.25) is 0 Å². The van der Waals surface area contributed by atoms with Crippen LogP contribution in [0.1, 0.15) is 62.8 Å². The van der Waals surface area contributed by atoms with E-state index in [1.807, 2.05) is 95.3 Å². The Balaban J connectivity index is 1.47. The van der Waals surface area contributed by atoms with E-state index in [2.05, 4.69) is 6.92 Å². The van der Waals surface area contributed by atoms with Crippen LogP contribution < -0.4 is 9.47 Å². The number of amides is 3. The second kappa shape index (κ2) is 14.4. The van der Waals surface area contributed by atoms with Crippen LogP contribution in [0.5, 0.6) is 11.5 Å². The van der Waals surface area contributed by atoms with E-state index in [0.717, 1.165) is 24.0 Å². The highest BCUT2D eigenvalue weighted by Gasteiger charge is 2.53. The van der Waals surface area contributed by atoms with Gasteiger partial charge in [0.05, 0.1) is 24.8 Å². The largest absolute Gasteiger partial charge is 0.497 e. The topological polar surface area (TPSA) is 83.9 Å². The molecule has 3 aliphatic heterocycles. The number of methoxy groups -OCH3 is 1. The van der Waals surface area contributed by atoms with Crippen molar-refractivity contribution in [2.75, 3.05) is 39.9 Å². The van der Waals surface area contributed by atoms with Crippen molar-refractivity contribution in [3.8, 4) is 11.5 Å². The Kier molecular flexibility index (Phi) is 10.2. The van der Waals surface area contributed by atoms with Crippen molar-refractivity contribution < 1.29 is 23.8 Å². The number of urea groups is 1. The minimum Gasteiger partial charge on any atom is -0.497 e. The maximum Gasteiger partial charge on any atom is 0.326 e. The van der Waals surface area contributed by atoms with Crippen LogP contribution in [0, 0.1) is 0 Å². The molecular weight excluding hydrogens is 651 g/mol. The molecule has 3 heterocycles. The van der Waals surface area contributed by atoms with Gasteiger partial charge in [0, 0.05) is 48.9 Å². The normalized spacial score (nSPS) is 22.6. The van der Waals surface area contributed by atoms with Crippen molar-refractivity contribution >= 4 is 41.0 Å². The second-order valence-electron chi connectivity index (χ2n) is 12.7. The quantitative estimate of drug-likeness (QED) is 0.247. The molecule has 0 aliphatic carbocycles. The molecule has 3 aromatic carbocycles. The summed E-state index contributed by atoms with van der Waals surface area (Å²) in [4.78, 5) is 39.2. The SMILES string of the molecule is CC[C@@]1(c2ccc(Cl)cc2)N=C(c2ccc(OC)cc2OC(C)C)N(C(=O)N2CCN(C(=O)C3CCCO3)CC2)[C@H]1c1ccc(Cl)cc1. The fourth-order valence-electron chi connectivity index (χ4n) is 6.95. The third kappa shape index (κ3) is 6.60. The van der Waals surface area contributed by atoms with Crippen molar-refractivity contribution in [1.82, 2.24) is 14.7 Å². The van der Waals surface area contributed by atoms with Crippen LogP contribution in [-0.2, 0) is 15.1 Å². The van der Waals surface area contributed by atoms with E-state index in [1.165, 1.54) is 0 Å². The molecular formula is C37H42Cl2N4O5. The van der Waals surface area contributed by atoms with E-state index in [0.29, 0.717) is 72.2 Å². The number of piperazine rings is 1. The monoisotopic (exact) mass is 692 g/mol. The third-order valence-electron chi connectivity index (χ3n) is 9.38. The molecule has 0 radical (unpaired) electrons. The van der Waals surface area contributed by atoms with Gasteiger partial charge in [0.1, 0.15) is 29.0 Å². The lowest BCUT2D eigenvalue weighted by atomic mass is 9.78. The summed E-state index contributed by atoms with van der Waals surface area (Å²) in [6.07, 6.45) is 1.67. The van der Waals surface area contributed by atoms with E-state index in [-0.39, 0.29) is 18.0 Å². The summed E-state index contributed by atoms with van der Waals surface area (Å²) in [5.41, 5.74) is 1.60. The number of hydrogen-bond donors (Lipinski definition) is 0. The van der Waals surface area contributed by atoms with Gasteiger partial charge < -0.3 is 24.0 Å². The molecule has 0 bridgehead atoms. The van der Waals surface area contributed by atoms with Gasteiger partial charge in [0.25, 0.3) is 5.91 Å². The van der Waals surface area contributed by atoms with Crippen LogP contribution in [0.3, 0.4) is 0 Å². The highest BCUT2D eigenvalue weighted by Crippen LogP contribution is 2.52. The highest BCUT2D eigenvalue weighted by molar-refractivity contribution is 6.30. The molecule has 11 heteroatoms. The summed E-state index contributed by atoms with van der Waals surface area (Å²) in [7, 11) is 1.61. The van der Waals surface area contributed by atoms with E-state index < -0.39 is 17.7 Å². The van der Waals surface area contributed by atoms with E-state index in [9.17, 15) is 4.79 Å². The zero-order valence-electron chi connectivity index (χ0n) is 27.8. The van der Waals surface area contributed by atoms with Crippen LogP contribution >= 0.6 is 23.2 Å². The van der Waals surface area contributed by atoms with Crippen LogP contribution in [-0.4, -0.2) is 84.6 Å². The van der Waals surface area contributed by atoms with Gasteiger partial charge in [-0.3, -0.25) is 14.7 Å². The second-order valence-corrected chi connectivity index (χ2v) is 13.5. The van der Waals surface area contributed by atoms with Gasteiger partial charge in [-0.1, -0.05) is 54.4 Å². The summed E-state index contributed by atoms with van der Waals surface area (Å²) < 4.78 is 17.6. The number of carbonyl (C=O) groups excluding carboxylic acids is 2. The average molecular weight is 694 g/mol. The number of aliphatic imine (C=N–C) groups is 1. The molecule has 2 saturated heterocycles. The van der Waals surface area contributed by atoms with Crippen molar-refractivity contribution in [2.24, 2.45) is 4.99 Å². The van der Waals surface area contributed by atoms with E-state index in [4.69, 9.17) is 42.4 Å². The van der Waals surface area contributed by atoms with Gasteiger partial charge in [-0.05, 0) is 80.6 Å². The molecule has 254 valence electrons. The Labute approximate surface area is 292 Å². The zero-order valence-corrected chi connectivity index (χ0v) is 29.3. The first-order chi connectivity index (χ1) is 23.1. The van der Waals surface area contributed by atoms with Crippen molar-refractivity contribution in [2.45, 2.75) is 63.8 Å². The Hall–Kier alpha value is -3.79. The summed E-state index contributed by atoms with van der Waals surface area (Å²) in [5, 5.41) is 1.21. The van der Waals surface area contributed by atoms with Gasteiger partial charge in [-0.2, -0.15) is 0 Å². The number of rotatable bonds is 8. The summed E-state index contributed by atoms with van der Waals surface area (Å²) in [6.45, 7) is 8.23. The van der Waals surface area contributed by atoms with Gasteiger partial charge >= 0.3 is 6.03 Å². The number of hydrogen-bond acceptors (Lipinski definition) is 6. The lowest BCUT2D eigenvalue weighted by Crippen LogP contribution is -2.57. The van der Waals surface area contributed by atoms with E-state index >= 15 is 4.79 Å². The summed E-state index contributed by atoms with van der Waals surface area (Å²) in [5.74, 6) is 1.69. The van der Waals surface area contributed by atoms with Crippen LogP contribution in [0.4, 0.5) is 4.79 Å².